The molecule has 0 aliphatic carbocycles. The fourth-order valence-electron chi connectivity index (χ4n) is 1.83. The summed E-state index contributed by atoms with van der Waals surface area (Å²) in [6.45, 7) is 5.97. The minimum Gasteiger partial charge on any atom is -0.301 e. The van der Waals surface area contributed by atoms with Crippen LogP contribution in [0.15, 0.2) is 0 Å². The third kappa shape index (κ3) is 3.49. The number of nitrogens with zero attached hydrogens (tertiary/aromatic N) is 2. The van der Waals surface area contributed by atoms with Crippen molar-refractivity contribution in [1.82, 2.24) is 9.21 Å². The van der Waals surface area contributed by atoms with Crippen LogP contribution in [0, 0.1) is 0 Å². The van der Waals surface area contributed by atoms with E-state index in [1.165, 1.54) is 38.9 Å². The molecule has 13 heavy (non-hydrogen) atoms. The second-order valence-corrected chi connectivity index (χ2v) is 4.73. The van der Waals surface area contributed by atoms with Gasteiger partial charge in [0.15, 0.2) is 0 Å². The lowest BCUT2D eigenvalue weighted by Crippen LogP contribution is -2.48. The Balaban J connectivity index is 2.31. The van der Waals surface area contributed by atoms with Crippen molar-refractivity contribution in [2.45, 2.75) is 32.2 Å². The predicted molar refractivity (Wildman–Crippen MR) is 61.0 cm³/mol. The second kappa shape index (κ2) is 5.89. The Bertz CT molecular complexity index is 141. The highest BCUT2D eigenvalue weighted by Gasteiger charge is 2.22. The van der Waals surface area contributed by atoms with E-state index >= 15 is 0 Å². The topological polar surface area (TPSA) is 6.48 Å². The first kappa shape index (κ1) is 11.3. The number of hydrogen-bond donors (Lipinski definition) is 0. The molecule has 0 aromatic heterocycles. The van der Waals surface area contributed by atoms with Crippen molar-refractivity contribution in [3.05, 3.63) is 0 Å². The van der Waals surface area contributed by atoms with Crippen LogP contribution in [0.1, 0.15) is 26.2 Å². The summed E-state index contributed by atoms with van der Waals surface area (Å²) in [6, 6.07) is 0.793. The number of hydrogen-bond acceptors (Lipinski definition) is 3. The van der Waals surface area contributed by atoms with Gasteiger partial charge in [-0.25, -0.2) is 4.31 Å². The zero-order valence-corrected chi connectivity index (χ0v) is 9.94. The molecule has 1 aliphatic rings. The van der Waals surface area contributed by atoms with Gasteiger partial charge >= 0.3 is 0 Å². The van der Waals surface area contributed by atoms with E-state index in [4.69, 9.17) is 0 Å². The third-order valence-electron chi connectivity index (χ3n) is 2.89. The highest BCUT2D eigenvalue weighted by atomic mass is 32.2. The van der Waals surface area contributed by atoms with Crippen molar-refractivity contribution in [1.29, 1.82) is 0 Å². The van der Waals surface area contributed by atoms with Crippen molar-refractivity contribution in [2.75, 3.05) is 32.9 Å². The molecule has 0 spiro atoms. The zero-order chi connectivity index (χ0) is 9.68. The van der Waals surface area contributed by atoms with Crippen LogP contribution in [0.4, 0.5) is 0 Å². The Morgan fingerprint density at radius 1 is 1.38 bits per heavy atom. The Labute approximate surface area is 86.8 Å². The molecule has 2 nitrogen and oxygen atoms in total. The van der Waals surface area contributed by atoms with E-state index in [-0.39, 0.29) is 0 Å². The standard InChI is InChI=1S/C10H22N2S/c1-4-5-6-10-9-12(13-3)8-7-11(10)2/h10H,4-9H2,1-3H3. The Morgan fingerprint density at radius 2 is 2.15 bits per heavy atom. The van der Waals surface area contributed by atoms with Crippen molar-refractivity contribution in [3.8, 4) is 0 Å². The highest BCUT2D eigenvalue weighted by Crippen LogP contribution is 2.17. The summed E-state index contributed by atoms with van der Waals surface area (Å²) in [6.07, 6.45) is 6.24. The van der Waals surface area contributed by atoms with Gasteiger partial charge in [0.1, 0.15) is 0 Å². The maximum Gasteiger partial charge on any atom is 0.0246 e. The van der Waals surface area contributed by atoms with Gasteiger partial charge < -0.3 is 4.90 Å². The van der Waals surface area contributed by atoms with Crippen molar-refractivity contribution >= 4 is 11.9 Å². The van der Waals surface area contributed by atoms with Crippen LogP contribution in [0.3, 0.4) is 0 Å². The number of piperazine rings is 1. The average Bonchev–Trinajstić information content (AvgIpc) is 2.17. The molecule has 78 valence electrons. The van der Waals surface area contributed by atoms with E-state index in [0.29, 0.717) is 0 Å². The lowest BCUT2D eigenvalue weighted by Gasteiger charge is -2.38. The smallest absolute Gasteiger partial charge is 0.0246 e. The molecule has 1 heterocycles. The van der Waals surface area contributed by atoms with Gasteiger partial charge in [-0.15, -0.1) is 0 Å². The van der Waals surface area contributed by atoms with E-state index in [0.717, 1.165) is 6.04 Å². The van der Waals surface area contributed by atoms with Crippen molar-refractivity contribution in [3.63, 3.8) is 0 Å². The predicted octanol–water partition coefficient (Wildman–Crippen LogP) is 2.07. The minimum atomic E-state index is 0.793. The van der Waals surface area contributed by atoms with E-state index in [1.807, 2.05) is 11.9 Å². The van der Waals surface area contributed by atoms with Crippen LogP contribution in [-0.2, 0) is 0 Å². The van der Waals surface area contributed by atoms with Gasteiger partial charge in [-0.1, -0.05) is 31.7 Å². The first-order chi connectivity index (χ1) is 6.27. The molecule has 0 amide bonds. The largest absolute Gasteiger partial charge is 0.301 e. The summed E-state index contributed by atoms with van der Waals surface area (Å²) >= 11 is 1.89. The van der Waals surface area contributed by atoms with E-state index < -0.39 is 0 Å². The summed E-state index contributed by atoms with van der Waals surface area (Å²) < 4.78 is 2.49. The van der Waals surface area contributed by atoms with Gasteiger partial charge in [0, 0.05) is 25.7 Å². The molecule has 1 saturated heterocycles. The summed E-state index contributed by atoms with van der Waals surface area (Å²) in [5.74, 6) is 0. The molecule has 1 unspecified atom stereocenters. The van der Waals surface area contributed by atoms with Crippen LogP contribution in [0.25, 0.3) is 0 Å². The van der Waals surface area contributed by atoms with Gasteiger partial charge in [0.25, 0.3) is 0 Å². The van der Waals surface area contributed by atoms with Crippen LogP contribution < -0.4 is 0 Å². The molecule has 0 saturated carbocycles. The summed E-state index contributed by atoms with van der Waals surface area (Å²) in [5.41, 5.74) is 0. The summed E-state index contributed by atoms with van der Waals surface area (Å²) in [4.78, 5) is 2.52. The molecule has 1 aliphatic heterocycles. The molecule has 1 rings (SSSR count). The second-order valence-electron chi connectivity index (χ2n) is 3.85. The molecule has 0 aromatic rings. The molecular weight excluding hydrogens is 180 g/mol. The minimum absolute atomic E-state index is 0.793. The van der Waals surface area contributed by atoms with Gasteiger partial charge in [-0.05, 0) is 19.7 Å². The zero-order valence-electron chi connectivity index (χ0n) is 9.12. The third-order valence-corrected chi connectivity index (χ3v) is 3.74. The lowest BCUT2D eigenvalue weighted by molar-refractivity contribution is 0.145. The maximum atomic E-state index is 2.52. The number of likely N-dealkylation sites (N-methyl/N-ethyl adjacent to an activating group) is 1. The fourth-order valence-corrected chi connectivity index (χ4v) is 2.42. The molecular formula is C10H22N2S. The monoisotopic (exact) mass is 202 g/mol. The molecule has 0 bridgehead atoms. The van der Waals surface area contributed by atoms with Crippen LogP contribution >= 0.6 is 11.9 Å². The van der Waals surface area contributed by atoms with Crippen molar-refractivity contribution in [2.24, 2.45) is 0 Å². The van der Waals surface area contributed by atoms with Crippen LogP contribution in [0.2, 0.25) is 0 Å². The van der Waals surface area contributed by atoms with Gasteiger partial charge in [-0.3, -0.25) is 0 Å². The Morgan fingerprint density at radius 3 is 2.77 bits per heavy atom. The first-order valence-corrected chi connectivity index (χ1v) is 6.45. The quantitative estimate of drug-likeness (QED) is 0.644. The molecule has 0 N–H and O–H groups in total. The fraction of sp³-hybridized carbons (Fsp3) is 1.00. The van der Waals surface area contributed by atoms with Gasteiger partial charge in [-0.2, -0.15) is 0 Å². The summed E-state index contributed by atoms with van der Waals surface area (Å²) in [5, 5.41) is 0. The number of unbranched alkanes of at least 4 members (excludes halogenated alkanes) is 1. The summed E-state index contributed by atoms with van der Waals surface area (Å²) in [7, 11) is 2.26. The molecule has 0 aromatic carbocycles. The van der Waals surface area contributed by atoms with E-state index in [9.17, 15) is 0 Å². The van der Waals surface area contributed by atoms with Gasteiger partial charge in [0.2, 0.25) is 0 Å². The molecule has 1 fully saturated rings. The van der Waals surface area contributed by atoms with Crippen LogP contribution in [-0.4, -0.2) is 48.2 Å². The highest BCUT2D eigenvalue weighted by molar-refractivity contribution is 7.96. The molecule has 3 heteroatoms. The van der Waals surface area contributed by atoms with E-state index in [1.54, 1.807) is 0 Å². The first-order valence-electron chi connectivity index (χ1n) is 5.27. The Kier molecular flexibility index (Phi) is 5.14. The lowest BCUT2D eigenvalue weighted by atomic mass is 10.1. The molecule has 0 radical (unpaired) electrons. The van der Waals surface area contributed by atoms with Crippen LogP contribution in [0.5, 0.6) is 0 Å². The SMILES string of the molecule is CCCCC1CN(SC)CCN1C. The normalized spacial score (nSPS) is 26.5. The molecule has 1 atom stereocenters. The Hall–Kier alpha value is 0.270. The maximum absolute atomic E-state index is 2.52. The van der Waals surface area contributed by atoms with Gasteiger partial charge in [0.05, 0.1) is 0 Å². The van der Waals surface area contributed by atoms with E-state index in [2.05, 4.69) is 29.4 Å². The van der Waals surface area contributed by atoms with Crippen molar-refractivity contribution < 1.29 is 0 Å². The average molecular weight is 202 g/mol. The number of rotatable bonds is 4.